The van der Waals surface area contributed by atoms with Gasteiger partial charge in [0.1, 0.15) is 0 Å². The molecular weight excluding hydrogens is 262 g/mol. The summed E-state index contributed by atoms with van der Waals surface area (Å²) in [6.45, 7) is 5.92. The Bertz CT molecular complexity index is 499. The molecule has 0 heterocycles. The van der Waals surface area contributed by atoms with Gasteiger partial charge in [0.05, 0.1) is 11.5 Å². The summed E-state index contributed by atoms with van der Waals surface area (Å²) in [5.74, 6) is 0.487. The molecule has 1 rings (SSSR count). The van der Waals surface area contributed by atoms with Crippen molar-refractivity contribution < 1.29 is 13.5 Å². The second kappa shape index (κ2) is 7.03. The summed E-state index contributed by atoms with van der Waals surface area (Å²) in [5.41, 5.74) is 0.595. The first-order chi connectivity index (χ1) is 8.89. The van der Waals surface area contributed by atoms with E-state index in [2.05, 4.69) is 18.6 Å². The predicted octanol–water partition coefficient (Wildman–Crippen LogP) is 2.28. The standard InChI is InChI=1S/C14H23NO3S/c1-4-11(2)8-12(3)15-19(17,18)14-7-5-6-13(9-14)10-16/h5-7,9,11-12,15-16H,4,8,10H2,1-3H3. The van der Waals surface area contributed by atoms with Crippen LogP contribution in [0.4, 0.5) is 0 Å². The van der Waals surface area contributed by atoms with E-state index < -0.39 is 10.0 Å². The van der Waals surface area contributed by atoms with Crippen LogP contribution in [0.1, 0.15) is 39.2 Å². The fourth-order valence-electron chi connectivity index (χ4n) is 1.96. The third-order valence-electron chi connectivity index (χ3n) is 3.20. The lowest BCUT2D eigenvalue weighted by molar-refractivity contribution is 0.281. The first-order valence-electron chi connectivity index (χ1n) is 6.61. The summed E-state index contributed by atoms with van der Waals surface area (Å²) >= 11 is 0. The molecule has 0 aliphatic carbocycles. The normalized spacial score (nSPS) is 15.2. The molecule has 0 aliphatic heterocycles. The molecule has 108 valence electrons. The number of aliphatic hydroxyl groups is 1. The minimum absolute atomic E-state index is 0.0993. The van der Waals surface area contributed by atoms with E-state index in [1.807, 2.05) is 6.92 Å². The maximum absolute atomic E-state index is 12.2. The minimum Gasteiger partial charge on any atom is -0.392 e. The molecule has 1 aromatic carbocycles. The van der Waals surface area contributed by atoms with Gasteiger partial charge in [0.15, 0.2) is 0 Å². The van der Waals surface area contributed by atoms with Crippen molar-refractivity contribution in [3.8, 4) is 0 Å². The number of hydrogen-bond donors (Lipinski definition) is 2. The molecule has 19 heavy (non-hydrogen) atoms. The molecule has 2 N–H and O–H groups in total. The third-order valence-corrected chi connectivity index (χ3v) is 4.79. The molecule has 0 spiro atoms. The second-order valence-corrected chi connectivity index (χ2v) is 6.79. The Morgan fingerprint density at radius 1 is 1.32 bits per heavy atom. The highest BCUT2D eigenvalue weighted by molar-refractivity contribution is 7.89. The summed E-state index contributed by atoms with van der Waals surface area (Å²) in [5, 5.41) is 9.05. The van der Waals surface area contributed by atoms with Crippen LogP contribution in [0, 0.1) is 5.92 Å². The van der Waals surface area contributed by atoms with Gasteiger partial charge in [-0.05, 0) is 37.0 Å². The van der Waals surface area contributed by atoms with Crippen LogP contribution in [0.25, 0.3) is 0 Å². The van der Waals surface area contributed by atoms with E-state index in [-0.39, 0.29) is 17.5 Å². The number of rotatable bonds is 7. The van der Waals surface area contributed by atoms with Crippen molar-refractivity contribution in [1.29, 1.82) is 0 Å². The summed E-state index contributed by atoms with van der Waals surface area (Å²) in [6.07, 6.45) is 1.85. The zero-order valence-electron chi connectivity index (χ0n) is 11.8. The largest absolute Gasteiger partial charge is 0.392 e. The van der Waals surface area contributed by atoms with Gasteiger partial charge in [-0.1, -0.05) is 32.4 Å². The van der Waals surface area contributed by atoms with E-state index in [0.29, 0.717) is 11.5 Å². The Hall–Kier alpha value is -0.910. The van der Waals surface area contributed by atoms with Crippen LogP contribution in [0.5, 0.6) is 0 Å². The lowest BCUT2D eigenvalue weighted by Gasteiger charge is -2.17. The Morgan fingerprint density at radius 3 is 2.58 bits per heavy atom. The Balaban J connectivity index is 2.80. The van der Waals surface area contributed by atoms with E-state index in [1.54, 1.807) is 12.1 Å². The smallest absolute Gasteiger partial charge is 0.240 e. The van der Waals surface area contributed by atoms with Crippen LogP contribution >= 0.6 is 0 Å². The van der Waals surface area contributed by atoms with Crippen LogP contribution < -0.4 is 4.72 Å². The highest BCUT2D eigenvalue weighted by atomic mass is 32.2. The van der Waals surface area contributed by atoms with Gasteiger partial charge in [0.25, 0.3) is 0 Å². The van der Waals surface area contributed by atoms with Gasteiger partial charge in [-0.2, -0.15) is 0 Å². The monoisotopic (exact) mass is 285 g/mol. The molecule has 0 amide bonds. The molecule has 2 atom stereocenters. The van der Waals surface area contributed by atoms with Crippen molar-refractivity contribution >= 4 is 10.0 Å². The highest BCUT2D eigenvalue weighted by Crippen LogP contribution is 2.15. The molecule has 0 fully saturated rings. The van der Waals surface area contributed by atoms with E-state index in [4.69, 9.17) is 5.11 Å². The van der Waals surface area contributed by atoms with Crippen molar-refractivity contribution in [2.45, 2.75) is 51.2 Å². The molecule has 0 saturated heterocycles. The van der Waals surface area contributed by atoms with Crippen molar-refractivity contribution in [1.82, 2.24) is 4.72 Å². The SMILES string of the molecule is CCC(C)CC(C)NS(=O)(=O)c1cccc(CO)c1. The number of benzene rings is 1. The Morgan fingerprint density at radius 2 is 2.00 bits per heavy atom. The molecule has 5 heteroatoms. The maximum Gasteiger partial charge on any atom is 0.240 e. The first kappa shape index (κ1) is 16.1. The van der Waals surface area contributed by atoms with Gasteiger partial charge in [-0.15, -0.1) is 0 Å². The molecule has 0 bridgehead atoms. The highest BCUT2D eigenvalue weighted by Gasteiger charge is 2.18. The Labute approximate surface area is 115 Å². The molecule has 1 aromatic rings. The van der Waals surface area contributed by atoms with Crippen molar-refractivity contribution in [2.75, 3.05) is 0 Å². The molecule has 0 aromatic heterocycles. The fraction of sp³-hybridized carbons (Fsp3) is 0.571. The number of aliphatic hydroxyl groups excluding tert-OH is 1. The van der Waals surface area contributed by atoms with Crippen LogP contribution in [0.3, 0.4) is 0 Å². The summed E-state index contributed by atoms with van der Waals surface area (Å²) in [4.78, 5) is 0.204. The van der Waals surface area contributed by atoms with Gasteiger partial charge in [-0.25, -0.2) is 13.1 Å². The summed E-state index contributed by atoms with van der Waals surface area (Å²) < 4.78 is 27.1. The van der Waals surface area contributed by atoms with E-state index >= 15 is 0 Å². The molecular formula is C14H23NO3S. The third kappa shape index (κ3) is 4.93. The number of sulfonamides is 1. The lowest BCUT2D eigenvalue weighted by Crippen LogP contribution is -2.33. The number of hydrogen-bond acceptors (Lipinski definition) is 3. The quantitative estimate of drug-likeness (QED) is 0.807. The molecule has 0 saturated carbocycles. The fourth-order valence-corrected chi connectivity index (χ4v) is 3.29. The van der Waals surface area contributed by atoms with E-state index in [9.17, 15) is 8.42 Å². The zero-order chi connectivity index (χ0) is 14.5. The van der Waals surface area contributed by atoms with Crippen LogP contribution in [-0.4, -0.2) is 19.6 Å². The van der Waals surface area contributed by atoms with Gasteiger partial charge < -0.3 is 5.11 Å². The van der Waals surface area contributed by atoms with Crippen molar-refractivity contribution in [3.05, 3.63) is 29.8 Å². The topological polar surface area (TPSA) is 66.4 Å². The average Bonchev–Trinajstić information content (AvgIpc) is 2.37. The first-order valence-corrected chi connectivity index (χ1v) is 8.09. The van der Waals surface area contributed by atoms with Crippen LogP contribution in [-0.2, 0) is 16.6 Å². The molecule has 0 aliphatic rings. The van der Waals surface area contributed by atoms with Crippen LogP contribution in [0.2, 0.25) is 0 Å². The van der Waals surface area contributed by atoms with E-state index in [0.717, 1.165) is 12.8 Å². The molecule has 0 radical (unpaired) electrons. The molecule has 2 unspecified atom stereocenters. The van der Waals surface area contributed by atoms with Crippen molar-refractivity contribution in [2.24, 2.45) is 5.92 Å². The number of nitrogens with one attached hydrogen (secondary N) is 1. The summed E-state index contributed by atoms with van der Waals surface area (Å²) in [7, 11) is -3.51. The second-order valence-electron chi connectivity index (χ2n) is 5.08. The predicted molar refractivity (Wildman–Crippen MR) is 76.2 cm³/mol. The maximum atomic E-state index is 12.2. The van der Waals surface area contributed by atoms with Gasteiger partial charge >= 0.3 is 0 Å². The van der Waals surface area contributed by atoms with Gasteiger partial charge in [0.2, 0.25) is 10.0 Å². The van der Waals surface area contributed by atoms with Crippen molar-refractivity contribution in [3.63, 3.8) is 0 Å². The summed E-state index contributed by atoms with van der Waals surface area (Å²) in [6, 6.07) is 6.27. The molecule has 4 nitrogen and oxygen atoms in total. The average molecular weight is 285 g/mol. The Kier molecular flexibility index (Phi) is 5.97. The zero-order valence-corrected chi connectivity index (χ0v) is 12.6. The van der Waals surface area contributed by atoms with Gasteiger partial charge in [0, 0.05) is 6.04 Å². The minimum atomic E-state index is -3.51. The van der Waals surface area contributed by atoms with E-state index in [1.165, 1.54) is 12.1 Å². The van der Waals surface area contributed by atoms with Crippen LogP contribution in [0.15, 0.2) is 29.2 Å². The lowest BCUT2D eigenvalue weighted by atomic mass is 10.0. The van der Waals surface area contributed by atoms with Gasteiger partial charge in [-0.3, -0.25) is 0 Å².